The predicted octanol–water partition coefficient (Wildman–Crippen LogP) is 3.81. The Hall–Kier alpha value is -1.59. The largest absolute Gasteiger partial charge is 0.336 e. The summed E-state index contributed by atoms with van der Waals surface area (Å²) >= 11 is 6.32. The molecule has 0 radical (unpaired) electrons. The lowest BCUT2D eigenvalue weighted by molar-refractivity contribution is -0.120. The molecule has 1 aromatic rings. The van der Waals surface area contributed by atoms with Gasteiger partial charge >= 0.3 is 0 Å². The summed E-state index contributed by atoms with van der Waals surface area (Å²) in [6, 6.07) is 5.22. The van der Waals surface area contributed by atoms with Gasteiger partial charge in [0.2, 0.25) is 5.91 Å². The number of anilines is 1. The Bertz CT molecular complexity index is 646. The third-order valence-corrected chi connectivity index (χ3v) is 5.12. The average molecular weight is 366 g/mol. The van der Waals surface area contributed by atoms with Crippen molar-refractivity contribution < 1.29 is 9.59 Å². The van der Waals surface area contributed by atoms with Gasteiger partial charge in [-0.3, -0.25) is 9.59 Å². The van der Waals surface area contributed by atoms with Gasteiger partial charge in [0.05, 0.1) is 16.1 Å². The summed E-state index contributed by atoms with van der Waals surface area (Å²) in [7, 11) is 0. The zero-order chi connectivity index (χ0) is 18.6. The van der Waals surface area contributed by atoms with Crippen LogP contribution in [-0.2, 0) is 4.79 Å². The highest BCUT2D eigenvalue weighted by atomic mass is 35.5. The van der Waals surface area contributed by atoms with E-state index < -0.39 is 5.54 Å². The van der Waals surface area contributed by atoms with E-state index >= 15 is 0 Å². The van der Waals surface area contributed by atoms with E-state index in [1.54, 1.807) is 25.1 Å². The molecule has 3 N–H and O–H groups in total. The molecule has 1 aromatic carbocycles. The van der Waals surface area contributed by atoms with Crippen molar-refractivity contribution in [1.82, 2.24) is 4.90 Å². The summed E-state index contributed by atoms with van der Waals surface area (Å²) in [5, 5.41) is 3.13. The third-order valence-electron chi connectivity index (χ3n) is 4.81. The van der Waals surface area contributed by atoms with Gasteiger partial charge in [-0.25, -0.2) is 0 Å². The van der Waals surface area contributed by atoms with Crippen LogP contribution in [0.15, 0.2) is 18.2 Å². The Morgan fingerprint density at radius 2 is 2.12 bits per heavy atom. The molecule has 1 saturated heterocycles. The van der Waals surface area contributed by atoms with E-state index in [9.17, 15) is 9.59 Å². The van der Waals surface area contributed by atoms with Gasteiger partial charge < -0.3 is 16.0 Å². The molecule has 1 aliphatic heterocycles. The summed E-state index contributed by atoms with van der Waals surface area (Å²) in [4.78, 5) is 26.9. The topological polar surface area (TPSA) is 75.4 Å². The lowest BCUT2D eigenvalue weighted by Gasteiger charge is -2.33. The van der Waals surface area contributed by atoms with Gasteiger partial charge in [-0.2, -0.15) is 0 Å². The van der Waals surface area contributed by atoms with E-state index in [0.29, 0.717) is 22.7 Å². The van der Waals surface area contributed by atoms with Crippen molar-refractivity contribution in [3.05, 3.63) is 28.8 Å². The molecule has 0 saturated carbocycles. The molecule has 0 aromatic heterocycles. The van der Waals surface area contributed by atoms with Crippen LogP contribution in [0.25, 0.3) is 0 Å². The minimum atomic E-state index is -0.932. The molecule has 6 heteroatoms. The van der Waals surface area contributed by atoms with Gasteiger partial charge in [0.25, 0.3) is 5.91 Å². The molecule has 2 unspecified atom stereocenters. The van der Waals surface area contributed by atoms with Crippen molar-refractivity contribution in [3.8, 4) is 0 Å². The quantitative estimate of drug-likeness (QED) is 0.833. The highest BCUT2D eigenvalue weighted by Crippen LogP contribution is 2.26. The number of rotatable bonds is 5. The fourth-order valence-electron chi connectivity index (χ4n) is 3.23. The van der Waals surface area contributed by atoms with Gasteiger partial charge in [-0.15, -0.1) is 0 Å². The number of amides is 2. The molecule has 0 spiro atoms. The van der Waals surface area contributed by atoms with E-state index in [1.807, 2.05) is 11.8 Å². The number of nitrogens with zero attached hydrogens (tertiary/aromatic N) is 1. The maximum atomic E-state index is 12.7. The summed E-state index contributed by atoms with van der Waals surface area (Å²) < 4.78 is 0. The van der Waals surface area contributed by atoms with Crippen LogP contribution in [0.2, 0.25) is 5.02 Å². The van der Waals surface area contributed by atoms with Crippen molar-refractivity contribution in [2.45, 2.75) is 64.5 Å². The van der Waals surface area contributed by atoms with Crippen molar-refractivity contribution in [2.24, 2.45) is 5.73 Å². The molecular formula is C19H28ClN3O2. The highest BCUT2D eigenvalue weighted by Gasteiger charge is 2.28. The number of carbonyl (C=O) groups excluding carboxylic acids is 2. The second-order valence-corrected chi connectivity index (χ2v) is 7.57. The van der Waals surface area contributed by atoms with Crippen molar-refractivity contribution in [3.63, 3.8) is 0 Å². The van der Waals surface area contributed by atoms with Crippen LogP contribution in [-0.4, -0.2) is 34.8 Å². The smallest absolute Gasteiger partial charge is 0.255 e. The minimum absolute atomic E-state index is 0.0512. The number of nitrogens with one attached hydrogen (secondary N) is 1. The molecular weight excluding hydrogens is 338 g/mol. The fraction of sp³-hybridized carbons (Fsp3) is 0.579. The number of halogens is 1. The van der Waals surface area contributed by atoms with E-state index in [-0.39, 0.29) is 17.9 Å². The Morgan fingerprint density at radius 1 is 1.40 bits per heavy atom. The average Bonchev–Trinajstić information content (AvgIpc) is 2.54. The summed E-state index contributed by atoms with van der Waals surface area (Å²) in [5.74, 6) is -0.307. The fourth-order valence-corrected chi connectivity index (χ4v) is 3.49. The van der Waals surface area contributed by atoms with Crippen molar-refractivity contribution in [1.29, 1.82) is 0 Å². The first kappa shape index (κ1) is 19.7. The van der Waals surface area contributed by atoms with Crippen LogP contribution in [0, 0.1) is 0 Å². The van der Waals surface area contributed by atoms with Crippen molar-refractivity contribution in [2.75, 3.05) is 11.9 Å². The Kier molecular flexibility index (Phi) is 6.47. The number of likely N-dealkylation sites (tertiary alicyclic amines) is 1. The maximum absolute atomic E-state index is 12.7. The Balaban J connectivity index is 2.12. The minimum Gasteiger partial charge on any atom is -0.336 e. The SMILES string of the molecule is CCCC(C)(N)C(=O)Nc1ccc(C(=O)N2CCCCC2C)c(Cl)c1. The summed E-state index contributed by atoms with van der Waals surface area (Å²) in [5.41, 5.74) is 6.13. The van der Waals surface area contributed by atoms with Crippen LogP contribution in [0.4, 0.5) is 5.69 Å². The number of hydrogen-bond acceptors (Lipinski definition) is 3. The number of piperidine rings is 1. The molecule has 5 nitrogen and oxygen atoms in total. The highest BCUT2D eigenvalue weighted by molar-refractivity contribution is 6.34. The lowest BCUT2D eigenvalue weighted by atomic mass is 9.96. The molecule has 0 aliphatic carbocycles. The Morgan fingerprint density at radius 3 is 2.72 bits per heavy atom. The lowest BCUT2D eigenvalue weighted by Crippen LogP contribution is -2.48. The van der Waals surface area contributed by atoms with E-state index in [4.69, 9.17) is 17.3 Å². The molecule has 25 heavy (non-hydrogen) atoms. The van der Waals surface area contributed by atoms with E-state index in [2.05, 4.69) is 12.2 Å². The second-order valence-electron chi connectivity index (χ2n) is 7.16. The van der Waals surface area contributed by atoms with Gasteiger partial charge in [-0.05, 0) is 57.7 Å². The zero-order valence-electron chi connectivity index (χ0n) is 15.3. The molecule has 138 valence electrons. The molecule has 2 amide bonds. The van der Waals surface area contributed by atoms with Crippen LogP contribution in [0.5, 0.6) is 0 Å². The zero-order valence-corrected chi connectivity index (χ0v) is 16.0. The van der Waals surface area contributed by atoms with E-state index in [0.717, 1.165) is 32.2 Å². The molecule has 2 rings (SSSR count). The maximum Gasteiger partial charge on any atom is 0.255 e. The van der Waals surface area contributed by atoms with Crippen LogP contribution >= 0.6 is 11.6 Å². The molecule has 1 aliphatic rings. The number of nitrogens with two attached hydrogens (primary N) is 1. The standard InChI is InChI=1S/C19H28ClN3O2/c1-4-10-19(3,21)18(25)22-14-8-9-15(16(20)12-14)17(24)23-11-6-5-7-13(23)2/h8-9,12-13H,4-7,10-11,21H2,1-3H3,(H,22,25). The number of hydrogen-bond donors (Lipinski definition) is 2. The second kappa shape index (κ2) is 8.19. The summed E-state index contributed by atoms with van der Waals surface area (Å²) in [6.07, 6.45) is 4.61. The van der Waals surface area contributed by atoms with Gasteiger partial charge in [0.15, 0.2) is 0 Å². The van der Waals surface area contributed by atoms with Crippen molar-refractivity contribution >= 4 is 29.1 Å². The predicted molar refractivity (Wildman–Crippen MR) is 102 cm³/mol. The van der Waals surface area contributed by atoms with Gasteiger partial charge in [0.1, 0.15) is 0 Å². The number of carbonyl (C=O) groups is 2. The van der Waals surface area contributed by atoms with Crippen LogP contribution in [0.1, 0.15) is 63.2 Å². The van der Waals surface area contributed by atoms with Crippen LogP contribution in [0.3, 0.4) is 0 Å². The monoisotopic (exact) mass is 365 g/mol. The molecule has 1 fully saturated rings. The third kappa shape index (κ3) is 4.73. The van der Waals surface area contributed by atoms with Gasteiger partial charge in [-0.1, -0.05) is 24.9 Å². The van der Waals surface area contributed by atoms with Crippen LogP contribution < -0.4 is 11.1 Å². The molecule has 1 heterocycles. The first-order valence-corrected chi connectivity index (χ1v) is 9.35. The number of benzene rings is 1. The first-order valence-electron chi connectivity index (χ1n) is 8.97. The molecule has 0 bridgehead atoms. The van der Waals surface area contributed by atoms with Gasteiger partial charge in [0, 0.05) is 18.3 Å². The normalized spacial score (nSPS) is 20.0. The molecule has 2 atom stereocenters. The summed E-state index contributed by atoms with van der Waals surface area (Å²) in [6.45, 7) is 6.52. The first-order chi connectivity index (χ1) is 11.8. The Labute approximate surface area is 154 Å². The van der Waals surface area contributed by atoms with E-state index in [1.165, 1.54) is 0 Å².